The summed E-state index contributed by atoms with van der Waals surface area (Å²) in [6.07, 6.45) is 2.94. The number of para-hydroxylation sites is 4. The minimum Gasteiger partial charge on any atom is -0.466 e. The number of hydrogen-bond acceptors (Lipinski definition) is 8. The van der Waals surface area contributed by atoms with Crippen molar-refractivity contribution in [2.45, 2.75) is 80.5 Å². The number of esters is 2. The first-order chi connectivity index (χ1) is 41.7. The van der Waals surface area contributed by atoms with E-state index in [1.165, 1.54) is 11.1 Å². The van der Waals surface area contributed by atoms with Gasteiger partial charge < -0.3 is 9.47 Å². The van der Waals surface area contributed by atoms with Crippen LogP contribution in [0.5, 0.6) is 0 Å². The summed E-state index contributed by atoms with van der Waals surface area (Å²) in [6.45, 7) is 4.34. The van der Waals surface area contributed by atoms with E-state index >= 15 is 0 Å². The zero-order chi connectivity index (χ0) is 57.1. The Balaban J connectivity index is 1.05. The van der Waals surface area contributed by atoms with Gasteiger partial charge >= 0.3 is 11.9 Å². The fraction of sp³-hybridized carbons (Fsp3) is 0.195. The summed E-state index contributed by atoms with van der Waals surface area (Å²) in [7, 11) is 0. The minimum absolute atomic E-state index is 0.188. The molecule has 0 aliphatic heterocycles. The molecule has 4 atom stereocenters. The summed E-state index contributed by atoms with van der Waals surface area (Å²) < 4.78 is 11.8. The first-order valence-corrected chi connectivity index (χ1v) is 30.1. The lowest BCUT2D eigenvalue weighted by molar-refractivity contribution is -0.144. The van der Waals surface area contributed by atoms with Crippen molar-refractivity contribution in [3.8, 4) is 45.0 Å². The molecule has 0 saturated carbocycles. The fourth-order valence-electron chi connectivity index (χ4n) is 16.4. The highest BCUT2D eigenvalue weighted by molar-refractivity contribution is 5.95. The second-order valence-corrected chi connectivity index (χ2v) is 24.0. The molecular weight excluding hydrogens is 1040 g/mol. The average Bonchev–Trinajstić information content (AvgIpc) is 1.60. The Morgan fingerprint density at radius 1 is 0.318 bits per heavy atom. The maximum Gasteiger partial charge on any atom is 0.305 e. The molecule has 85 heavy (non-hydrogen) atoms. The topological polar surface area (TPSA) is 104 Å². The van der Waals surface area contributed by atoms with E-state index in [1.54, 1.807) is 0 Å². The van der Waals surface area contributed by atoms with Crippen LogP contribution in [-0.4, -0.2) is 45.1 Å². The van der Waals surface area contributed by atoms with Crippen LogP contribution in [-0.2, 0) is 40.7 Å². The van der Waals surface area contributed by atoms with Crippen LogP contribution in [0.3, 0.4) is 0 Å². The smallest absolute Gasteiger partial charge is 0.305 e. The number of nitrogens with zero attached hydrogens (tertiary/aromatic N) is 4. The Hall–Kier alpha value is -9.66. The molecule has 0 fully saturated rings. The lowest BCUT2D eigenvalue weighted by Gasteiger charge is -2.50. The van der Waals surface area contributed by atoms with Gasteiger partial charge in [-0.1, -0.05) is 170 Å². The molecule has 0 saturated heterocycles. The molecule has 0 N–H and O–H groups in total. The van der Waals surface area contributed by atoms with Gasteiger partial charge in [0, 0.05) is 78.3 Å². The van der Waals surface area contributed by atoms with Gasteiger partial charge in [0.05, 0.1) is 58.1 Å². The number of carbonyl (C=O) groups is 2. The van der Waals surface area contributed by atoms with Crippen LogP contribution in [0.15, 0.2) is 218 Å². The number of pyridine rings is 4. The van der Waals surface area contributed by atoms with E-state index in [4.69, 9.17) is 29.4 Å². The van der Waals surface area contributed by atoms with E-state index in [0.717, 1.165) is 122 Å². The van der Waals surface area contributed by atoms with Gasteiger partial charge in [0.1, 0.15) is 0 Å². The molecule has 8 heteroatoms. The van der Waals surface area contributed by atoms with E-state index in [0.29, 0.717) is 32.1 Å². The summed E-state index contributed by atoms with van der Waals surface area (Å²) in [5, 5.41) is 4.19. The lowest BCUT2D eigenvalue weighted by Crippen LogP contribution is -2.46. The van der Waals surface area contributed by atoms with Crippen LogP contribution >= 0.6 is 0 Å². The zero-order valence-electron chi connectivity index (χ0n) is 47.6. The van der Waals surface area contributed by atoms with Crippen molar-refractivity contribution in [3.05, 3.63) is 263 Å². The minimum atomic E-state index is -0.872. The number of carbonyl (C=O) groups excluding carboxylic acids is 2. The first-order valence-electron chi connectivity index (χ1n) is 30.1. The maximum absolute atomic E-state index is 14.3. The van der Waals surface area contributed by atoms with Crippen molar-refractivity contribution in [3.63, 3.8) is 0 Å². The summed E-state index contributed by atoms with van der Waals surface area (Å²) >= 11 is 0. The van der Waals surface area contributed by atoms with Crippen molar-refractivity contribution in [1.29, 1.82) is 0 Å². The van der Waals surface area contributed by atoms with Crippen molar-refractivity contribution >= 4 is 55.6 Å². The fourth-order valence-corrected chi connectivity index (χ4v) is 16.4. The van der Waals surface area contributed by atoms with Crippen LogP contribution in [0.2, 0.25) is 0 Å². The highest BCUT2D eigenvalue weighted by atomic mass is 16.5. The first kappa shape index (κ1) is 51.0. The second-order valence-electron chi connectivity index (χ2n) is 24.0. The van der Waals surface area contributed by atoms with E-state index in [9.17, 15) is 9.59 Å². The molecule has 8 aromatic carbocycles. The van der Waals surface area contributed by atoms with Gasteiger partial charge in [-0.25, -0.2) is 19.9 Å². The normalized spacial score (nSPS) is 19.9. The quantitative estimate of drug-likeness (QED) is 0.0992. The van der Waals surface area contributed by atoms with E-state index in [2.05, 4.69) is 218 Å². The van der Waals surface area contributed by atoms with E-state index in [-0.39, 0.29) is 38.0 Å². The van der Waals surface area contributed by atoms with Crippen molar-refractivity contribution in [1.82, 2.24) is 19.9 Å². The van der Waals surface area contributed by atoms with Gasteiger partial charge in [-0.15, -0.1) is 0 Å². The molecule has 0 radical (unpaired) electrons. The Morgan fingerprint density at radius 2 is 0.565 bits per heavy atom. The Bertz CT molecular complexity index is 4480. The Morgan fingerprint density at radius 3 is 0.871 bits per heavy atom. The molecule has 4 aliphatic carbocycles. The van der Waals surface area contributed by atoms with Crippen LogP contribution in [0.4, 0.5) is 0 Å². The van der Waals surface area contributed by atoms with Crippen molar-refractivity contribution in [2.24, 2.45) is 0 Å². The maximum atomic E-state index is 14.3. The molecule has 0 spiro atoms. The molecule has 0 amide bonds. The van der Waals surface area contributed by atoms with Gasteiger partial charge in [-0.05, 0) is 139 Å². The molecule has 16 rings (SSSR count). The Labute approximate surface area is 493 Å². The molecular formula is C77H60N4O4. The molecule has 4 aliphatic rings. The molecule has 4 heterocycles. The molecule has 4 aromatic heterocycles. The largest absolute Gasteiger partial charge is 0.466 e. The average molecular weight is 1110 g/mol. The van der Waals surface area contributed by atoms with Crippen molar-refractivity contribution in [2.75, 3.05) is 13.2 Å². The van der Waals surface area contributed by atoms with Crippen LogP contribution in [0.25, 0.3) is 88.6 Å². The van der Waals surface area contributed by atoms with Gasteiger partial charge in [0.15, 0.2) is 0 Å². The van der Waals surface area contributed by atoms with Gasteiger partial charge in [0.2, 0.25) is 0 Å². The second kappa shape index (κ2) is 19.5. The third-order valence-electron chi connectivity index (χ3n) is 19.7. The van der Waals surface area contributed by atoms with Crippen LogP contribution in [0, 0.1) is 0 Å². The molecule has 412 valence electrons. The highest BCUT2D eigenvalue weighted by Gasteiger charge is 2.61. The third-order valence-corrected chi connectivity index (χ3v) is 19.7. The van der Waals surface area contributed by atoms with Crippen LogP contribution in [0.1, 0.15) is 103 Å². The monoisotopic (exact) mass is 1100 g/mol. The summed E-state index contributed by atoms with van der Waals surface area (Å²) in [5.41, 5.74) is 17.6. The van der Waals surface area contributed by atoms with Gasteiger partial charge in [-0.2, -0.15) is 0 Å². The van der Waals surface area contributed by atoms with Gasteiger partial charge in [0.25, 0.3) is 0 Å². The SMILES string of the molecule is CCOC(=O)CCC1(CC2(CC3(CC4(CCC(=O)OCC)c5ccccc5-c5nc6ccccc6cc54)c4ccccc4-c4nc5ccccc5cc43)c3ccccc3-c3nc4ccccc4cc32)c2ccccc2-c2nc3ccccc3cc21. The number of ether oxygens (including phenoxy) is 2. The number of rotatable bonds is 14. The number of benzene rings is 8. The van der Waals surface area contributed by atoms with Crippen LogP contribution < -0.4 is 0 Å². The van der Waals surface area contributed by atoms with E-state index in [1.807, 2.05) is 13.8 Å². The molecule has 0 bridgehead atoms. The predicted octanol–water partition coefficient (Wildman–Crippen LogP) is 16.9. The standard InChI is InChI=1S/C77H60N4O4/c1-3-84-68(82)37-39-74(56-29-13-9-25-52(56)70-60(74)41-48-21-5-17-33-64(48)78-70)45-76(58-31-15-11-27-54(58)72-62(76)43-50-23-7-19-35-66(50)80-72)47-77(59-32-16-12-28-55(59)73-63(77)44-51-24-8-20-36-67(51)81-73)46-75(40-38-69(83)85-4-2)57-30-14-10-26-53(57)71-61(75)42-49-22-6-18-34-65(49)79-71/h5-36,41-44H,3-4,37-40,45-47H2,1-2H3. The molecule has 8 nitrogen and oxygen atoms in total. The number of fused-ring (bicyclic) bond motifs is 16. The Kier molecular flexibility index (Phi) is 11.7. The van der Waals surface area contributed by atoms with Crippen molar-refractivity contribution < 1.29 is 19.1 Å². The van der Waals surface area contributed by atoms with Gasteiger partial charge in [-0.3, -0.25) is 9.59 Å². The van der Waals surface area contributed by atoms with E-state index < -0.39 is 21.7 Å². The number of hydrogen-bond donors (Lipinski definition) is 0. The predicted molar refractivity (Wildman–Crippen MR) is 337 cm³/mol. The lowest BCUT2D eigenvalue weighted by atomic mass is 9.52. The zero-order valence-corrected chi connectivity index (χ0v) is 47.6. The molecule has 4 unspecified atom stereocenters. The third kappa shape index (κ3) is 7.59. The summed E-state index contributed by atoms with van der Waals surface area (Å²) in [4.78, 5) is 51.3. The summed E-state index contributed by atoms with van der Waals surface area (Å²) in [6, 6.07) is 79.1. The molecule has 12 aromatic rings. The highest BCUT2D eigenvalue weighted by Crippen LogP contribution is 2.69. The number of aromatic nitrogens is 4. The summed E-state index contributed by atoms with van der Waals surface area (Å²) in [5.74, 6) is -0.460.